The third-order valence-electron chi connectivity index (χ3n) is 3.29. The van der Waals surface area contributed by atoms with E-state index >= 15 is 0 Å². The summed E-state index contributed by atoms with van der Waals surface area (Å²) in [5.41, 5.74) is 9.28. The van der Waals surface area contributed by atoms with Crippen molar-refractivity contribution in [1.82, 2.24) is 4.90 Å². The van der Waals surface area contributed by atoms with Gasteiger partial charge in [-0.3, -0.25) is 4.90 Å². The molecule has 0 saturated heterocycles. The molecule has 2 aromatic rings. The van der Waals surface area contributed by atoms with Crippen LogP contribution in [0.5, 0.6) is 0 Å². The van der Waals surface area contributed by atoms with Gasteiger partial charge in [-0.25, -0.2) is 0 Å². The van der Waals surface area contributed by atoms with Crippen molar-refractivity contribution in [2.45, 2.75) is 26.4 Å². The van der Waals surface area contributed by atoms with Crippen LogP contribution in [0.15, 0.2) is 48.5 Å². The van der Waals surface area contributed by atoms with E-state index in [1.807, 2.05) is 24.3 Å². The van der Waals surface area contributed by atoms with Crippen molar-refractivity contribution >= 4 is 17.3 Å². The van der Waals surface area contributed by atoms with Gasteiger partial charge in [0.2, 0.25) is 0 Å². The van der Waals surface area contributed by atoms with Gasteiger partial charge >= 0.3 is 0 Å². The van der Waals surface area contributed by atoms with E-state index in [4.69, 9.17) is 17.3 Å². The van der Waals surface area contributed by atoms with Gasteiger partial charge in [0.25, 0.3) is 0 Å². The number of hydrogen-bond donors (Lipinski definition) is 1. The average Bonchev–Trinajstić information content (AvgIpc) is 2.43. The fourth-order valence-electron chi connectivity index (χ4n) is 2.32. The fraction of sp³-hybridized carbons (Fsp3) is 0.294. The van der Waals surface area contributed by atoms with E-state index in [1.165, 1.54) is 5.56 Å². The number of nitrogens with two attached hydrogens (primary N) is 1. The van der Waals surface area contributed by atoms with Gasteiger partial charge in [-0.15, -0.1) is 0 Å². The summed E-state index contributed by atoms with van der Waals surface area (Å²) in [6, 6.07) is 16.3. The number of rotatable bonds is 6. The zero-order valence-corrected chi connectivity index (χ0v) is 12.6. The molecule has 20 heavy (non-hydrogen) atoms. The van der Waals surface area contributed by atoms with Crippen molar-refractivity contribution in [3.8, 4) is 0 Å². The number of nitrogens with zero attached hydrogens (tertiary/aromatic N) is 1. The van der Waals surface area contributed by atoms with Crippen molar-refractivity contribution in [2.24, 2.45) is 0 Å². The first-order valence-corrected chi connectivity index (χ1v) is 7.37. The smallest absolute Gasteiger partial charge is 0.0426 e. The number of halogens is 1. The topological polar surface area (TPSA) is 29.3 Å². The zero-order chi connectivity index (χ0) is 14.4. The van der Waals surface area contributed by atoms with Crippen molar-refractivity contribution in [2.75, 3.05) is 12.3 Å². The highest BCUT2D eigenvalue weighted by Gasteiger charge is 2.08. The molecule has 0 unspecified atom stereocenters. The fourth-order valence-corrected chi connectivity index (χ4v) is 2.50. The van der Waals surface area contributed by atoms with Crippen molar-refractivity contribution < 1.29 is 0 Å². The lowest BCUT2D eigenvalue weighted by molar-refractivity contribution is 0.258. The number of nitrogen functional groups attached to an aromatic ring is 1. The maximum atomic E-state index is 6.05. The molecule has 2 N–H and O–H groups in total. The summed E-state index contributed by atoms with van der Waals surface area (Å²) < 4.78 is 0. The lowest BCUT2D eigenvalue weighted by Crippen LogP contribution is -2.24. The highest BCUT2D eigenvalue weighted by Crippen LogP contribution is 2.20. The first-order chi connectivity index (χ1) is 9.69. The van der Waals surface area contributed by atoms with Gasteiger partial charge in [0, 0.05) is 23.8 Å². The Morgan fingerprint density at radius 3 is 2.45 bits per heavy atom. The van der Waals surface area contributed by atoms with Crippen LogP contribution in [0.2, 0.25) is 5.02 Å². The highest BCUT2D eigenvalue weighted by atomic mass is 35.5. The molecule has 0 saturated carbocycles. The van der Waals surface area contributed by atoms with E-state index in [1.54, 1.807) is 0 Å². The van der Waals surface area contributed by atoms with Gasteiger partial charge in [-0.05, 0) is 36.2 Å². The molecule has 0 heterocycles. The molecule has 0 radical (unpaired) electrons. The molecule has 0 aliphatic heterocycles. The second kappa shape index (κ2) is 7.32. The van der Waals surface area contributed by atoms with Crippen LogP contribution in [-0.2, 0) is 13.1 Å². The summed E-state index contributed by atoms with van der Waals surface area (Å²) in [5.74, 6) is 0. The molecule has 0 atom stereocenters. The summed E-state index contributed by atoms with van der Waals surface area (Å²) in [7, 11) is 0. The van der Waals surface area contributed by atoms with Gasteiger partial charge in [-0.1, -0.05) is 54.9 Å². The van der Waals surface area contributed by atoms with E-state index in [0.29, 0.717) is 5.02 Å². The second-order valence-electron chi connectivity index (χ2n) is 5.04. The Morgan fingerprint density at radius 1 is 1.05 bits per heavy atom. The maximum absolute atomic E-state index is 6.05. The van der Waals surface area contributed by atoms with Gasteiger partial charge in [0.1, 0.15) is 0 Å². The molecule has 0 aromatic heterocycles. The van der Waals surface area contributed by atoms with Gasteiger partial charge in [0.05, 0.1) is 0 Å². The molecule has 106 valence electrons. The van der Waals surface area contributed by atoms with Crippen LogP contribution in [0.1, 0.15) is 24.5 Å². The highest BCUT2D eigenvalue weighted by molar-refractivity contribution is 6.30. The lowest BCUT2D eigenvalue weighted by Gasteiger charge is -2.22. The van der Waals surface area contributed by atoms with Crippen LogP contribution >= 0.6 is 11.6 Å². The largest absolute Gasteiger partial charge is 0.398 e. The summed E-state index contributed by atoms with van der Waals surface area (Å²) in [4.78, 5) is 2.41. The first-order valence-electron chi connectivity index (χ1n) is 6.99. The van der Waals surface area contributed by atoms with E-state index in [2.05, 4.69) is 36.1 Å². The van der Waals surface area contributed by atoms with Crippen molar-refractivity contribution in [3.05, 3.63) is 64.7 Å². The Hall–Kier alpha value is -1.51. The molecular formula is C17H21ClN2. The molecule has 2 aromatic carbocycles. The number of anilines is 1. The Balaban J connectivity index is 2.09. The molecule has 2 rings (SSSR count). The number of benzene rings is 2. The Morgan fingerprint density at radius 2 is 1.80 bits per heavy atom. The normalized spacial score (nSPS) is 10.9. The quantitative estimate of drug-likeness (QED) is 0.802. The molecule has 3 heteroatoms. The zero-order valence-electron chi connectivity index (χ0n) is 11.8. The first kappa shape index (κ1) is 14.9. The molecule has 0 fully saturated rings. The van der Waals surface area contributed by atoms with E-state index in [-0.39, 0.29) is 0 Å². The summed E-state index contributed by atoms with van der Waals surface area (Å²) >= 11 is 5.95. The summed E-state index contributed by atoms with van der Waals surface area (Å²) in [6.07, 6.45) is 1.13. The van der Waals surface area contributed by atoms with Gasteiger partial charge < -0.3 is 5.73 Å². The third-order valence-corrected chi connectivity index (χ3v) is 3.53. The molecule has 0 amide bonds. The lowest BCUT2D eigenvalue weighted by atomic mass is 10.1. The Bertz CT molecular complexity index is 540. The van der Waals surface area contributed by atoms with E-state index in [9.17, 15) is 0 Å². The molecule has 2 nitrogen and oxygen atoms in total. The van der Waals surface area contributed by atoms with Crippen LogP contribution in [-0.4, -0.2) is 11.4 Å². The SMILES string of the molecule is CCCN(Cc1ccccc1)Cc1ccc(Cl)cc1N. The molecular weight excluding hydrogens is 268 g/mol. The molecule has 0 aliphatic rings. The predicted molar refractivity (Wildman–Crippen MR) is 86.7 cm³/mol. The van der Waals surface area contributed by atoms with E-state index in [0.717, 1.165) is 37.3 Å². The Kier molecular flexibility index (Phi) is 5.45. The van der Waals surface area contributed by atoms with Gasteiger partial charge in [0.15, 0.2) is 0 Å². The van der Waals surface area contributed by atoms with Crippen molar-refractivity contribution in [1.29, 1.82) is 0 Å². The van der Waals surface area contributed by atoms with Crippen LogP contribution in [0.4, 0.5) is 5.69 Å². The van der Waals surface area contributed by atoms with Crippen LogP contribution in [0, 0.1) is 0 Å². The van der Waals surface area contributed by atoms with Crippen LogP contribution in [0.3, 0.4) is 0 Å². The average molecular weight is 289 g/mol. The summed E-state index contributed by atoms with van der Waals surface area (Å²) in [6.45, 7) is 5.04. The minimum atomic E-state index is 0.691. The monoisotopic (exact) mass is 288 g/mol. The van der Waals surface area contributed by atoms with E-state index < -0.39 is 0 Å². The molecule has 0 aliphatic carbocycles. The Labute approximate surface area is 126 Å². The minimum absolute atomic E-state index is 0.691. The molecule has 0 spiro atoms. The minimum Gasteiger partial charge on any atom is -0.398 e. The van der Waals surface area contributed by atoms with Gasteiger partial charge in [-0.2, -0.15) is 0 Å². The van der Waals surface area contributed by atoms with Crippen molar-refractivity contribution in [3.63, 3.8) is 0 Å². The number of hydrogen-bond acceptors (Lipinski definition) is 2. The predicted octanol–water partition coefficient (Wildman–Crippen LogP) is 4.33. The van der Waals surface area contributed by atoms with Crippen LogP contribution < -0.4 is 5.73 Å². The van der Waals surface area contributed by atoms with Crippen LogP contribution in [0.25, 0.3) is 0 Å². The standard InChI is InChI=1S/C17H21ClN2/c1-2-10-20(12-14-6-4-3-5-7-14)13-15-8-9-16(18)11-17(15)19/h3-9,11H,2,10,12-13,19H2,1H3. The maximum Gasteiger partial charge on any atom is 0.0426 e. The summed E-state index contributed by atoms with van der Waals surface area (Å²) in [5, 5.41) is 0.691. The molecule has 0 bridgehead atoms. The third kappa shape index (κ3) is 4.26. The second-order valence-corrected chi connectivity index (χ2v) is 5.48.